The maximum absolute atomic E-state index is 13.6. The van der Waals surface area contributed by atoms with Crippen LogP contribution in [0.4, 0.5) is 15.8 Å². The second kappa shape index (κ2) is 5.86. The molecular formula is C16H16FN3O3S. The molecule has 1 aromatic carbocycles. The Labute approximate surface area is 139 Å². The lowest BCUT2D eigenvalue weighted by Crippen LogP contribution is -2.42. The number of rotatable bonds is 2. The van der Waals surface area contributed by atoms with Crippen molar-refractivity contribution in [1.82, 2.24) is 4.98 Å². The van der Waals surface area contributed by atoms with Gasteiger partial charge in [0.25, 0.3) is 5.91 Å². The van der Waals surface area contributed by atoms with E-state index < -0.39 is 15.7 Å². The second-order valence-electron chi connectivity index (χ2n) is 5.67. The van der Waals surface area contributed by atoms with Crippen molar-refractivity contribution in [3.05, 3.63) is 47.9 Å². The van der Waals surface area contributed by atoms with E-state index in [4.69, 9.17) is 0 Å². The Kier molecular flexibility index (Phi) is 4.00. The summed E-state index contributed by atoms with van der Waals surface area (Å²) < 4.78 is 36.5. The van der Waals surface area contributed by atoms with Crippen LogP contribution in [0, 0.1) is 5.82 Å². The first-order valence-electron chi connectivity index (χ1n) is 7.26. The van der Waals surface area contributed by atoms with Gasteiger partial charge in [-0.15, -0.1) is 0 Å². The molecule has 8 heteroatoms. The number of carbonyl (C=O) groups is 1. The molecule has 0 aliphatic carbocycles. The molecule has 24 heavy (non-hydrogen) atoms. The summed E-state index contributed by atoms with van der Waals surface area (Å²) in [5, 5.41) is -0.0936. The van der Waals surface area contributed by atoms with Gasteiger partial charge in [-0.25, -0.2) is 17.8 Å². The molecule has 1 amide bonds. The van der Waals surface area contributed by atoms with E-state index in [9.17, 15) is 17.6 Å². The summed E-state index contributed by atoms with van der Waals surface area (Å²) in [5.74, 6) is -0.769. The maximum atomic E-state index is 13.6. The normalized spacial score (nSPS) is 14.5. The van der Waals surface area contributed by atoms with Crippen LogP contribution in [-0.4, -0.2) is 45.7 Å². The van der Waals surface area contributed by atoms with Gasteiger partial charge in [0.05, 0.1) is 16.9 Å². The second-order valence-corrected chi connectivity index (χ2v) is 7.63. The Morgan fingerprint density at radius 2 is 1.92 bits per heavy atom. The average Bonchev–Trinajstić information content (AvgIpc) is 2.54. The monoisotopic (exact) mass is 349 g/mol. The Hall–Kier alpha value is -2.48. The number of amides is 1. The van der Waals surface area contributed by atoms with Crippen LogP contribution >= 0.6 is 0 Å². The molecule has 6 nitrogen and oxygen atoms in total. The fourth-order valence-electron chi connectivity index (χ4n) is 2.62. The zero-order valence-electron chi connectivity index (χ0n) is 13.2. The molecule has 0 saturated carbocycles. The fourth-order valence-corrected chi connectivity index (χ4v) is 3.18. The van der Waals surface area contributed by atoms with Crippen LogP contribution in [-0.2, 0) is 9.84 Å². The van der Waals surface area contributed by atoms with E-state index in [-0.39, 0.29) is 16.5 Å². The molecular weight excluding hydrogens is 333 g/mol. The SMILES string of the molecule is CN1CCN(C(=O)c2ccc(S(C)(=O)=O)nc2)c2cc(F)ccc21. The Bertz CT molecular complexity index is 897. The first kappa shape index (κ1) is 16.4. The molecule has 0 unspecified atom stereocenters. The lowest BCUT2D eigenvalue weighted by atomic mass is 10.1. The standard InChI is InChI=1S/C16H16FN3O3S/c1-19-7-8-20(14-9-12(17)4-5-13(14)19)16(21)11-3-6-15(18-10-11)24(2,22)23/h3-6,9-10H,7-8H2,1-2H3. The van der Waals surface area contributed by atoms with Gasteiger partial charge in [0, 0.05) is 32.6 Å². The van der Waals surface area contributed by atoms with Crippen molar-refractivity contribution in [2.75, 3.05) is 36.2 Å². The van der Waals surface area contributed by atoms with Crippen LogP contribution in [0.1, 0.15) is 10.4 Å². The van der Waals surface area contributed by atoms with Crippen molar-refractivity contribution >= 4 is 27.1 Å². The van der Waals surface area contributed by atoms with Crippen LogP contribution in [0.15, 0.2) is 41.6 Å². The molecule has 1 aliphatic heterocycles. The van der Waals surface area contributed by atoms with E-state index >= 15 is 0 Å². The van der Waals surface area contributed by atoms with Gasteiger partial charge in [-0.1, -0.05) is 0 Å². The number of hydrogen-bond acceptors (Lipinski definition) is 5. The summed E-state index contributed by atoms with van der Waals surface area (Å²) >= 11 is 0. The number of likely N-dealkylation sites (N-methyl/N-ethyl adjacent to an activating group) is 1. The summed E-state index contributed by atoms with van der Waals surface area (Å²) in [6.07, 6.45) is 2.28. The predicted octanol–water partition coefficient (Wildman–Crippen LogP) is 1.72. The minimum absolute atomic E-state index is 0.0936. The van der Waals surface area contributed by atoms with Gasteiger partial charge in [0.15, 0.2) is 14.9 Å². The van der Waals surface area contributed by atoms with Crippen molar-refractivity contribution in [2.24, 2.45) is 0 Å². The van der Waals surface area contributed by atoms with Crippen molar-refractivity contribution < 1.29 is 17.6 Å². The third-order valence-electron chi connectivity index (χ3n) is 3.91. The van der Waals surface area contributed by atoms with Crippen molar-refractivity contribution in [2.45, 2.75) is 5.03 Å². The van der Waals surface area contributed by atoms with Crippen LogP contribution < -0.4 is 9.80 Å². The van der Waals surface area contributed by atoms with Crippen LogP contribution in [0.2, 0.25) is 0 Å². The molecule has 0 radical (unpaired) electrons. The molecule has 2 heterocycles. The molecule has 0 bridgehead atoms. The van der Waals surface area contributed by atoms with Gasteiger partial charge in [0.1, 0.15) is 5.82 Å². The molecule has 0 fully saturated rings. The quantitative estimate of drug-likeness (QED) is 0.826. The largest absolute Gasteiger partial charge is 0.371 e. The molecule has 0 spiro atoms. The third kappa shape index (κ3) is 2.96. The minimum atomic E-state index is -3.42. The summed E-state index contributed by atoms with van der Waals surface area (Å²) in [6.45, 7) is 1.01. The summed E-state index contributed by atoms with van der Waals surface area (Å²) in [7, 11) is -1.55. The number of halogens is 1. The van der Waals surface area contributed by atoms with Gasteiger partial charge < -0.3 is 9.80 Å². The Morgan fingerprint density at radius 3 is 2.54 bits per heavy atom. The number of nitrogens with zero attached hydrogens (tertiary/aromatic N) is 3. The van der Waals surface area contributed by atoms with Crippen LogP contribution in [0.25, 0.3) is 0 Å². The van der Waals surface area contributed by atoms with Crippen LogP contribution in [0.5, 0.6) is 0 Å². The highest BCUT2D eigenvalue weighted by Crippen LogP contribution is 2.33. The summed E-state index contributed by atoms with van der Waals surface area (Å²) in [4.78, 5) is 20.0. The third-order valence-corrected chi connectivity index (χ3v) is 4.91. The number of fused-ring (bicyclic) bond motifs is 1. The topological polar surface area (TPSA) is 70.6 Å². The van der Waals surface area contributed by atoms with E-state index in [0.717, 1.165) is 11.9 Å². The van der Waals surface area contributed by atoms with E-state index in [0.29, 0.717) is 18.8 Å². The molecule has 3 rings (SSSR count). The Morgan fingerprint density at radius 1 is 1.17 bits per heavy atom. The number of pyridine rings is 1. The number of benzene rings is 1. The van der Waals surface area contributed by atoms with Crippen molar-refractivity contribution in [1.29, 1.82) is 0 Å². The number of sulfone groups is 1. The predicted molar refractivity (Wildman–Crippen MR) is 88.7 cm³/mol. The Balaban J connectivity index is 1.97. The first-order chi connectivity index (χ1) is 11.3. The number of hydrogen-bond donors (Lipinski definition) is 0. The average molecular weight is 349 g/mol. The highest BCUT2D eigenvalue weighted by atomic mass is 32.2. The fraction of sp³-hybridized carbons (Fsp3) is 0.250. The lowest BCUT2D eigenvalue weighted by Gasteiger charge is -2.35. The summed E-state index contributed by atoms with van der Waals surface area (Å²) in [6, 6.07) is 7.02. The summed E-state index contributed by atoms with van der Waals surface area (Å²) in [5.41, 5.74) is 1.50. The van der Waals surface area contributed by atoms with Crippen molar-refractivity contribution in [3.8, 4) is 0 Å². The van der Waals surface area contributed by atoms with Gasteiger partial charge in [-0.05, 0) is 30.3 Å². The highest BCUT2D eigenvalue weighted by Gasteiger charge is 2.27. The lowest BCUT2D eigenvalue weighted by molar-refractivity contribution is 0.0986. The number of carbonyl (C=O) groups excluding carboxylic acids is 1. The maximum Gasteiger partial charge on any atom is 0.259 e. The van der Waals surface area contributed by atoms with Crippen molar-refractivity contribution in [3.63, 3.8) is 0 Å². The zero-order valence-corrected chi connectivity index (χ0v) is 14.0. The molecule has 0 atom stereocenters. The minimum Gasteiger partial charge on any atom is -0.371 e. The first-order valence-corrected chi connectivity index (χ1v) is 9.15. The van der Waals surface area contributed by atoms with E-state index in [1.54, 1.807) is 6.07 Å². The van der Waals surface area contributed by atoms with E-state index in [2.05, 4.69) is 4.98 Å². The smallest absolute Gasteiger partial charge is 0.259 e. The van der Waals surface area contributed by atoms with Gasteiger partial charge >= 0.3 is 0 Å². The van der Waals surface area contributed by atoms with E-state index in [1.807, 2.05) is 11.9 Å². The van der Waals surface area contributed by atoms with Gasteiger partial charge in [-0.3, -0.25) is 4.79 Å². The van der Waals surface area contributed by atoms with Crippen LogP contribution in [0.3, 0.4) is 0 Å². The zero-order chi connectivity index (χ0) is 17.5. The molecule has 0 saturated heterocycles. The molecule has 0 N–H and O–H groups in total. The van der Waals surface area contributed by atoms with Gasteiger partial charge in [-0.2, -0.15) is 0 Å². The molecule has 2 aromatic rings. The number of anilines is 2. The number of aromatic nitrogens is 1. The molecule has 1 aliphatic rings. The van der Waals surface area contributed by atoms with Gasteiger partial charge in [0.2, 0.25) is 0 Å². The van der Waals surface area contributed by atoms with E-state index in [1.165, 1.54) is 35.4 Å². The molecule has 126 valence electrons. The highest BCUT2D eigenvalue weighted by molar-refractivity contribution is 7.90. The molecule has 1 aromatic heterocycles.